The van der Waals surface area contributed by atoms with Gasteiger partial charge in [0.15, 0.2) is 0 Å². The van der Waals surface area contributed by atoms with Crippen molar-refractivity contribution in [1.29, 1.82) is 0 Å². The first-order valence-electron chi connectivity index (χ1n) is 7.05. The highest BCUT2D eigenvalue weighted by molar-refractivity contribution is 5.89. The molecule has 3 heterocycles. The smallest absolute Gasteiger partial charge is 0.220 e. The summed E-state index contributed by atoms with van der Waals surface area (Å²) in [5.74, 6) is 1.66. The third-order valence-corrected chi connectivity index (χ3v) is 4.37. The molecule has 2 atom stereocenters. The van der Waals surface area contributed by atoms with Gasteiger partial charge in [-0.25, -0.2) is 9.97 Å². The molecule has 102 valence electrons. The number of aromatic nitrogens is 2. The number of carbonyl (C=O) groups is 1. The van der Waals surface area contributed by atoms with E-state index in [0.29, 0.717) is 12.3 Å². The summed E-state index contributed by atoms with van der Waals surface area (Å²) in [6, 6.07) is 8.33. The van der Waals surface area contributed by atoms with Crippen LogP contribution in [-0.4, -0.2) is 35.0 Å². The molecule has 2 fully saturated rings. The SMILES string of the molecule is O=C1C[C@@H]2CCN(c3ncnc4ccccc34)C[C@@H]2N1. The van der Waals surface area contributed by atoms with Gasteiger partial charge in [0.1, 0.15) is 12.1 Å². The first-order valence-corrected chi connectivity index (χ1v) is 7.05. The van der Waals surface area contributed by atoms with Gasteiger partial charge in [-0.3, -0.25) is 4.79 Å². The summed E-state index contributed by atoms with van der Waals surface area (Å²) in [7, 11) is 0. The predicted octanol–water partition coefficient (Wildman–Crippen LogP) is 1.34. The fourth-order valence-corrected chi connectivity index (χ4v) is 3.35. The van der Waals surface area contributed by atoms with E-state index in [1.54, 1.807) is 6.33 Å². The van der Waals surface area contributed by atoms with Crippen LogP contribution in [0.4, 0.5) is 5.82 Å². The molecule has 5 nitrogen and oxygen atoms in total. The summed E-state index contributed by atoms with van der Waals surface area (Å²) in [6.45, 7) is 1.80. The Bertz CT molecular complexity index is 666. The van der Waals surface area contributed by atoms with Gasteiger partial charge >= 0.3 is 0 Å². The second kappa shape index (κ2) is 4.44. The number of piperidine rings is 1. The number of carbonyl (C=O) groups excluding carboxylic acids is 1. The van der Waals surface area contributed by atoms with Crippen LogP contribution in [0.25, 0.3) is 10.9 Å². The van der Waals surface area contributed by atoms with Gasteiger partial charge in [-0.15, -0.1) is 0 Å². The Hall–Kier alpha value is -2.17. The maximum atomic E-state index is 11.5. The van der Waals surface area contributed by atoms with Gasteiger partial charge in [-0.1, -0.05) is 12.1 Å². The van der Waals surface area contributed by atoms with Gasteiger partial charge in [-0.05, 0) is 24.5 Å². The van der Waals surface area contributed by atoms with Crippen LogP contribution >= 0.6 is 0 Å². The summed E-state index contributed by atoms with van der Waals surface area (Å²) in [4.78, 5) is 22.6. The lowest BCUT2D eigenvalue weighted by molar-refractivity contribution is -0.119. The van der Waals surface area contributed by atoms with Crippen molar-refractivity contribution in [3.63, 3.8) is 0 Å². The lowest BCUT2D eigenvalue weighted by Crippen LogP contribution is -2.47. The zero-order chi connectivity index (χ0) is 13.5. The number of fused-ring (bicyclic) bond motifs is 2. The van der Waals surface area contributed by atoms with Crippen LogP contribution in [0.3, 0.4) is 0 Å². The van der Waals surface area contributed by atoms with E-state index < -0.39 is 0 Å². The van der Waals surface area contributed by atoms with Crippen molar-refractivity contribution in [2.24, 2.45) is 5.92 Å². The number of amides is 1. The molecule has 0 aliphatic carbocycles. The maximum absolute atomic E-state index is 11.5. The number of hydrogen-bond acceptors (Lipinski definition) is 4. The van der Waals surface area contributed by atoms with Crippen LogP contribution in [-0.2, 0) is 4.79 Å². The summed E-state index contributed by atoms with van der Waals surface area (Å²) in [5.41, 5.74) is 0.968. The van der Waals surface area contributed by atoms with E-state index in [1.807, 2.05) is 18.2 Å². The summed E-state index contributed by atoms with van der Waals surface area (Å²) in [6.07, 6.45) is 3.35. The largest absolute Gasteiger partial charge is 0.354 e. The minimum atomic E-state index is 0.189. The molecule has 0 saturated carbocycles. The summed E-state index contributed by atoms with van der Waals surface area (Å²) >= 11 is 0. The molecule has 1 amide bonds. The molecule has 5 heteroatoms. The molecule has 20 heavy (non-hydrogen) atoms. The molecule has 2 aliphatic heterocycles. The van der Waals surface area contributed by atoms with Crippen LogP contribution in [0.15, 0.2) is 30.6 Å². The third kappa shape index (κ3) is 1.81. The molecule has 2 saturated heterocycles. The predicted molar refractivity (Wildman–Crippen MR) is 76.4 cm³/mol. The Labute approximate surface area is 117 Å². The minimum absolute atomic E-state index is 0.189. The average Bonchev–Trinajstić information content (AvgIpc) is 2.85. The van der Waals surface area contributed by atoms with Crippen molar-refractivity contribution < 1.29 is 4.79 Å². The lowest BCUT2D eigenvalue weighted by Gasteiger charge is -2.35. The molecule has 1 aromatic carbocycles. The fourth-order valence-electron chi connectivity index (χ4n) is 3.35. The molecule has 2 aliphatic rings. The molecule has 0 radical (unpaired) electrons. The van der Waals surface area contributed by atoms with E-state index in [9.17, 15) is 4.79 Å². The number of nitrogens with zero attached hydrogens (tertiary/aromatic N) is 3. The number of rotatable bonds is 1. The molecular weight excluding hydrogens is 252 g/mol. The second-order valence-corrected chi connectivity index (χ2v) is 5.59. The van der Waals surface area contributed by atoms with Gasteiger partial charge in [0.2, 0.25) is 5.91 Å². The first kappa shape index (κ1) is 11.6. The first-order chi connectivity index (χ1) is 9.81. The second-order valence-electron chi connectivity index (χ2n) is 5.59. The van der Waals surface area contributed by atoms with Gasteiger partial charge in [0.05, 0.1) is 5.52 Å². The highest BCUT2D eigenvalue weighted by Gasteiger charge is 2.37. The van der Waals surface area contributed by atoms with E-state index >= 15 is 0 Å². The normalized spacial score (nSPS) is 25.6. The van der Waals surface area contributed by atoms with Crippen molar-refractivity contribution in [1.82, 2.24) is 15.3 Å². The van der Waals surface area contributed by atoms with Crippen LogP contribution < -0.4 is 10.2 Å². The zero-order valence-electron chi connectivity index (χ0n) is 11.1. The third-order valence-electron chi connectivity index (χ3n) is 4.37. The minimum Gasteiger partial charge on any atom is -0.354 e. The van der Waals surface area contributed by atoms with Crippen molar-refractivity contribution in [3.05, 3.63) is 30.6 Å². The van der Waals surface area contributed by atoms with Crippen molar-refractivity contribution in [2.45, 2.75) is 18.9 Å². The Morgan fingerprint density at radius 1 is 1.25 bits per heavy atom. The average molecular weight is 268 g/mol. The van der Waals surface area contributed by atoms with E-state index in [0.717, 1.165) is 36.2 Å². The Morgan fingerprint density at radius 2 is 2.15 bits per heavy atom. The van der Waals surface area contributed by atoms with Crippen LogP contribution in [0.1, 0.15) is 12.8 Å². The summed E-state index contributed by atoms with van der Waals surface area (Å²) in [5, 5.41) is 4.16. The molecule has 4 rings (SSSR count). The molecule has 2 aromatic rings. The van der Waals surface area contributed by atoms with Crippen LogP contribution in [0, 0.1) is 5.92 Å². The summed E-state index contributed by atoms with van der Waals surface area (Å²) < 4.78 is 0. The number of benzene rings is 1. The monoisotopic (exact) mass is 268 g/mol. The Kier molecular flexibility index (Phi) is 2.58. The van der Waals surface area contributed by atoms with Crippen LogP contribution in [0.5, 0.6) is 0 Å². The lowest BCUT2D eigenvalue weighted by atomic mass is 9.92. The number of para-hydroxylation sites is 1. The molecule has 0 bridgehead atoms. The van der Waals surface area contributed by atoms with Crippen molar-refractivity contribution in [3.8, 4) is 0 Å². The number of anilines is 1. The van der Waals surface area contributed by atoms with E-state index in [1.165, 1.54) is 0 Å². The maximum Gasteiger partial charge on any atom is 0.220 e. The standard InChI is InChI=1S/C15H16N4O/c20-14-7-10-5-6-19(8-13(10)18-14)15-11-3-1-2-4-12(11)16-9-17-15/h1-4,9-10,13H,5-8H2,(H,18,20)/t10-,13-/m0/s1. The quantitative estimate of drug-likeness (QED) is 0.848. The topological polar surface area (TPSA) is 58.1 Å². The Morgan fingerprint density at radius 3 is 3.10 bits per heavy atom. The van der Waals surface area contributed by atoms with E-state index in [2.05, 4.69) is 26.3 Å². The molecule has 0 spiro atoms. The van der Waals surface area contributed by atoms with Crippen LogP contribution in [0.2, 0.25) is 0 Å². The van der Waals surface area contributed by atoms with Gasteiger partial charge in [-0.2, -0.15) is 0 Å². The highest BCUT2D eigenvalue weighted by Crippen LogP contribution is 2.30. The molecular formula is C15H16N4O. The molecule has 1 aromatic heterocycles. The van der Waals surface area contributed by atoms with Gasteiger partial charge < -0.3 is 10.2 Å². The fraction of sp³-hybridized carbons (Fsp3) is 0.400. The van der Waals surface area contributed by atoms with E-state index in [-0.39, 0.29) is 11.9 Å². The highest BCUT2D eigenvalue weighted by atomic mass is 16.2. The number of nitrogens with one attached hydrogen (secondary N) is 1. The number of hydrogen-bond donors (Lipinski definition) is 1. The Balaban J connectivity index is 1.68. The zero-order valence-corrected chi connectivity index (χ0v) is 11.1. The molecule has 1 N–H and O–H groups in total. The van der Waals surface area contributed by atoms with Gasteiger partial charge in [0, 0.05) is 30.9 Å². The van der Waals surface area contributed by atoms with E-state index in [4.69, 9.17) is 0 Å². The van der Waals surface area contributed by atoms with Crippen molar-refractivity contribution in [2.75, 3.05) is 18.0 Å². The molecule has 0 unspecified atom stereocenters. The van der Waals surface area contributed by atoms with Crippen molar-refractivity contribution >= 4 is 22.6 Å². The van der Waals surface area contributed by atoms with Gasteiger partial charge in [0.25, 0.3) is 0 Å².